The molecule has 1 aliphatic rings. The molecule has 6 nitrogen and oxygen atoms in total. The molecule has 0 aliphatic heterocycles. The monoisotopic (exact) mass is 476 g/mol. The molecule has 1 saturated carbocycles. The molecule has 1 fully saturated rings. The van der Waals surface area contributed by atoms with Crippen molar-refractivity contribution >= 4 is 16.7 Å². The lowest BCUT2D eigenvalue weighted by Gasteiger charge is -2.25. The molecule has 3 heterocycles. The summed E-state index contributed by atoms with van der Waals surface area (Å²) in [6.07, 6.45) is 16.1. The Morgan fingerprint density at radius 3 is 2.29 bits per heavy atom. The number of aryl methyl sites for hydroxylation is 1. The van der Waals surface area contributed by atoms with Gasteiger partial charge < -0.3 is 10.6 Å². The van der Waals surface area contributed by atoms with Gasteiger partial charge in [0.2, 0.25) is 0 Å². The van der Waals surface area contributed by atoms with E-state index in [4.69, 9.17) is 0 Å². The second-order valence-electron chi connectivity index (χ2n) is 10.3. The van der Waals surface area contributed by atoms with Crippen molar-refractivity contribution in [2.45, 2.75) is 58.9 Å². The molecule has 0 aromatic carbocycles. The van der Waals surface area contributed by atoms with Crippen LogP contribution in [-0.4, -0.2) is 39.9 Å². The fourth-order valence-corrected chi connectivity index (χ4v) is 3.94. The Balaban J connectivity index is 0.000000215. The fraction of sp³-hybridized carbons (Fsp3) is 0.483. The highest BCUT2D eigenvalue weighted by molar-refractivity contribution is 5.82. The van der Waals surface area contributed by atoms with Crippen LogP contribution in [0.1, 0.15) is 52.9 Å². The van der Waals surface area contributed by atoms with Crippen LogP contribution < -0.4 is 10.6 Å². The molecule has 0 spiro atoms. The molecule has 0 unspecified atom stereocenters. The van der Waals surface area contributed by atoms with E-state index in [2.05, 4.69) is 72.8 Å². The molecule has 3 aromatic heterocycles. The van der Waals surface area contributed by atoms with E-state index < -0.39 is 0 Å². The van der Waals surface area contributed by atoms with Crippen molar-refractivity contribution < 1.29 is 0 Å². The number of hydrogen-bond donors (Lipinski definition) is 2. The highest BCUT2D eigenvalue weighted by Gasteiger charge is 2.16. The first-order chi connectivity index (χ1) is 16.7. The van der Waals surface area contributed by atoms with Crippen LogP contribution in [0.2, 0.25) is 0 Å². The van der Waals surface area contributed by atoms with Crippen LogP contribution >= 0.6 is 0 Å². The third kappa shape index (κ3) is 9.65. The van der Waals surface area contributed by atoms with Gasteiger partial charge in [0.25, 0.3) is 0 Å². The summed E-state index contributed by atoms with van der Waals surface area (Å²) in [7, 11) is 5.80. The molecule has 35 heavy (non-hydrogen) atoms. The predicted molar refractivity (Wildman–Crippen MR) is 151 cm³/mol. The SMILES string of the molecule is C=CC1CCC(NC)CC1.C=CCC(C)(C)C.CNc1cc2nc(-c3cnn(C)c3)ccc2cn1. The van der Waals surface area contributed by atoms with Crippen molar-refractivity contribution in [2.75, 3.05) is 19.4 Å². The summed E-state index contributed by atoms with van der Waals surface area (Å²) in [5.74, 6) is 1.61. The van der Waals surface area contributed by atoms with Crippen LogP contribution in [-0.2, 0) is 7.05 Å². The second-order valence-corrected chi connectivity index (χ2v) is 10.3. The van der Waals surface area contributed by atoms with Crippen LogP contribution in [0, 0.1) is 11.3 Å². The van der Waals surface area contributed by atoms with Gasteiger partial charge in [-0.05, 0) is 62.6 Å². The minimum Gasteiger partial charge on any atom is -0.373 e. The standard InChI is InChI=1S/C13H13N5.C9H17N.C7H14/c1-14-13-5-12-9(6-15-13)3-4-11(17-12)10-7-16-18(2)8-10;1-3-8-4-6-9(10-2)7-5-8;1-5-6-7(2,3)4/h3-8H,1-2H3,(H,14,15);3,8-10H,1,4-7H2,2H3;5H,1,6H2,2-4H3. The molecule has 190 valence electrons. The number of nitrogens with one attached hydrogen (secondary N) is 2. The van der Waals surface area contributed by atoms with Gasteiger partial charge in [-0.25, -0.2) is 9.97 Å². The van der Waals surface area contributed by atoms with E-state index in [0.717, 1.165) is 46.4 Å². The third-order valence-electron chi connectivity index (χ3n) is 6.10. The molecule has 6 heteroatoms. The summed E-state index contributed by atoms with van der Waals surface area (Å²) < 4.78 is 1.77. The number of aromatic nitrogens is 4. The lowest BCUT2D eigenvalue weighted by atomic mass is 9.86. The van der Waals surface area contributed by atoms with Crippen molar-refractivity contribution in [3.05, 3.63) is 62.1 Å². The Hall–Kier alpha value is -2.99. The first-order valence-corrected chi connectivity index (χ1v) is 12.5. The lowest BCUT2D eigenvalue weighted by molar-refractivity contribution is 0.342. The zero-order valence-corrected chi connectivity index (χ0v) is 22.5. The van der Waals surface area contributed by atoms with Crippen molar-refractivity contribution in [1.29, 1.82) is 0 Å². The van der Waals surface area contributed by atoms with E-state index in [-0.39, 0.29) is 0 Å². The Labute approximate surface area is 212 Å². The fourth-order valence-electron chi connectivity index (χ4n) is 3.94. The minimum atomic E-state index is 0.432. The molecule has 0 amide bonds. The number of fused-ring (bicyclic) bond motifs is 1. The first kappa shape index (κ1) is 28.2. The Morgan fingerprint density at radius 2 is 1.80 bits per heavy atom. The molecule has 0 atom stereocenters. The molecule has 0 radical (unpaired) electrons. The second kappa shape index (κ2) is 13.8. The maximum atomic E-state index is 4.63. The highest BCUT2D eigenvalue weighted by Crippen LogP contribution is 2.24. The largest absolute Gasteiger partial charge is 0.373 e. The van der Waals surface area contributed by atoms with E-state index in [0.29, 0.717) is 5.41 Å². The van der Waals surface area contributed by atoms with Gasteiger partial charge in [-0.1, -0.05) is 32.9 Å². The Kier molecular flexibility index (Phi) is 11.1. The summed E-state index contributed by atoms with van der Waals surface area (Å²) in [6, 6.07) is 6.73. The molecule has 0 bridgehead atoms. The lowest BCUT2D eigenvalue weighted by Crippen LogP contribution is -2.29. The van der Waals surface area contributed by atoms with Gasteiger partial charge in [0.15, 0.2) is 0 Å². The van der Waals surface area contributed by atoms with Gasteiger partial charge >= 0.3 is 0 Å². The van der Waals surface area contributed by atoms with Crippen molar-refractivity contribution in [1.82, 2.24) is 25.1 Å². The molecular formula is C29H44N6. The number of nitrogens with zero attached hydrogens (tertiary/aromatic N) is 4. The quantitative estimate of drug-likeness (QED) is 0.405. The number of anilines is 1. The van der Waals surface area contributed by atoms with E-state index in [9.17, 15) is 0 Å². The summed E-state index contributed by atoms with van der Waals surface area (Å²) >= 11 is 0. The van der Waals surface area contributed by atoms with E-state index in [1.807, 2.05) is 57.0 Å². The van der Waals surface area contributed by atoms with Crippen LogP contribution in [0.5, 0.6) is 0 Å². The van der Waals surface area contributed by atoms with Crippen LogP contribution in [0.15, 0.2) is 62.1 Å². The molecule has 3 aromatic rings. The Bertz CT molecular complexity index is 1050. The van der Waals surface area contributed by atoms with Gasteiger partial charge in [0.1, 0.15) is 5.82 Å². The summed E-state index contributed by atoms with van der Waals surface area (Å²) in [5, 5.41) is 11.5. The van der Waals surface area contributed by atoms with Crippen molar-refractivity contribution in [3.63, 3.8) is 0 Å². The van der Waals surface area contributed by atoms with Crippen molar-refractivity contribution in [3.8, 4) is 11.3 Å². The van der Waals surface area contributed by atoms with Crippen LogP contribution in [0.25, 0.3) is 22.2 Å². The third-order valence-corrected chi connectivity index (χ3v) is 6.10. The smallest absolute Gasteiger partial charge is 0.127 e. The van der Waals surface area contributed by atoms with Gasteiger partial charge in [-0.2, -0.15) is 5.10 Å². The van der Waals surface area contributed by atoms with Gasteiger partial charge in [0.05, 0.1) is 17.4 Å². The zero-order valence-electron chi connectivity index (χ0n) is 22.5. The van der Waals surface area contributed by atoms with E-state index >= 15 is 0 Å². The minimum absolute atomic E-state index is 0.432. The molecule has 4 rings (SSSR count). The van der Waals surface area contributed by atoms with Gasteiger partial charge in [-0.15, -0.1) is 13.2 Å². The first-order valence-electron chi connectivity index (χ1n) is 12.5. The number of rotatable bonds is 5. The summed E-state index contributed by atoms with van der Waals surface area (Å²) in [4.78, 5) is 8.90. The molecule has 0 saturated heterocycles. The van der Waals surface area contributed by atoms with Gasteiger partial charge in [0, 0.05) is 49.5 Å². The normalized spacial score (nSPS) is 17.4. The summed E-state index contributed by atoms with van der Waals surface area (Å²) in [5.41, 5.74) is 3.30. The molecular weight excluding hydrogens is 432 g/mol. The molecule has 2 N–H and O–H groups in total. The molecule has 1 aliphatic carbocycles. The topological polar surface area (TPSA) is 67.7 Å². The van der Waals surface area contributed by atoms with Crippen LogP contribution in [0.4, 0.5) is 5.82 Å². The predicted octanol–water partition coefficient (Wildman–Crippen LogP) is 6.63. The average Bonchev–Trinajstić information content (AvgIpc) is 3.29. The number of pyridine rings is 2. The van der Waals surface area contributed by atoms with Gasteiger partial charge in [-0.3, -0.25) is 4.68 Å². The van der Waals surface area contributed by atoms with Crippen LogP contribution in [0.3, 0.4) is 0 Å². The number of hydrogen-bond acceptors (Lipinski definition) is 5. The average molecular weight is 477 g/mol. The maximum absolute atomic E-state index is 4.63. The zero-order chi connectivity index (χ0) is 25.8. The highest BCUT2D eigenvalue weighted by atomic mass is 15.2. The van der Waals surface area contributed by atoms with E-state index in [1.54, 1.807) is 4.68 Å². The Morgan fingerprint density at radius 1 is 1.09 bits per heavy atom. The summed E-state index contributed by atoms with van der Waals surface area (Å²) in [6.45, 7) is 14.1. The maximum Gasteiger partial charge on any atom is 0.127 e. The number of allylic oxidation sites excluding steroid dienone is 2. The van der Waals surface area contributed by atoms with E-state index in [1.165, 1.54) is 25.7 Å². The van der Waals surface area contributed by atoms with Crippen molar-refractivity contribution in [2.24, 2.45) is 18.4 Å².